The molecular weight excluding hydrogens is 202 g/mol. The molecule has 0 aliphatic heterocycles. The van der Waals surface area contributed by atoms with Crippen molar-refractivity contribution in [1.82, 2.24) is 5.32 Å². The topological polar surface area (TPSA) is 38.3 Å². The number of likely N-dealkylation sites (N-methyl/N-ethyl adjacent to an activating group) is 1. The molecule has 0 aliphatic rings. The molecule has 3 nitrogen and oxygen atoms in total. The van der Waals surface area contributed by atoms with Gasteiger partial charge in [0.25, 0.3) is 0 Å². The largest absolute Gasteiger partial charge is 0.468 e. The number of unbranched alkanes of at least 4 members (excludes halogenated alkanes) is 4. The highest BCUT2D eigenvalue weighted by Gasteiger charge is 2.32. The van der Waals surface area contributed by atoms with E-state index in [2.05, 4.69) is 12.2 Å². The van der Waals surface area contributed by atoms with Crippen LogP contribution < -0.4 is 5.32 Å². The highest BCUT2D eigenvalue weighted by Crippen LogP contribution is 2.17. The second kappa shape index (κ2) is 8.57. The average molecular weight is 229 g/mol. The molecule has 0 amide bonds. The second-order valence-corrected chi connectivity index (χ2v) is 4.52. The fraction of sp³-hybridized carbons (Fsp3) is 0.923. The smallest absolute Gasteiger partial charge is 0.325 e. The summed E-state index contributed by atoms with van der Waals surface area (Å²) in [5, 5.41) is 3.23. The molecule has 3 heteroatoms. The number of carbonyl (C=O) groups is 1. The van der Waals surface area contributed by atoms with Crippen LogP contribution in [0, 0.1) is 0 Å². The van der Waals surface area contributed by atoms with Crippen LogP contribution in [-0.4, -0.2) is 25.2 Å². The van der Waals surface area contributed by atoms with E-state index in [1.165, 1.54) is 32.8 Å². The van der Waals surface area contributed by atoms with E-state index in [0.717, 1.165) is 19.4 Å². The minimum atomic E-state index is -0.504. The summed E-state index contributed by atoms with van der Waals surface area (Å²) < 4.78 is 4.84. The Labute approximate surface area is 99.9 Å². The average Bonchev–Trinajstić information content (AvgIpc) is 2.28. The number of esters is 1. The molecule has 0 saturated heterocycles. The van der Waals surface area contributed by atoms with Gasteiger partial charge in [-0.2, -0.15) is 0 Å². The molecule has 0 saturated carbocycles. The van der Waals surface area contributed by atoms with Crippen LogP contribution in [0.1, 0.15) is 59.3 Å². The Morgan fingerprint density at radius 1 is 1.19 bits per heavy atom. The van der Waals surface area contributed by atoms with Crippen molar-refractivity contribution in [1.29, 1.82) is 0 Å². The van der Waals surface area contributed by atoms with E-state index in [9.17, 15) is 4.79 Å². The van der Waals surface area contributed by atoms with E-state index in [0.29, 0.717) is 0 Å². The summed E-state index contributed by atoms with van der Waals surface area (Å²) in [5.74, 6) is -0.148. The van der Waals surface area contributed by atoms with Crippen LogP contribution in [0.15, 0.2) is 0 Å². The first-order valence-electron chi connectivity index (χ1n) is 6.44. The Morgan fingerprint density at radius 3 is 2.31 bits per heavy atom. The molecule has 0 bridgehead atoms. The molecular formula is C13H27NO2. The monoisotopic (exact) mass is 229 g/mol. The third-order valence-electron chi connectivity index (χ3n) is 2.98. The van der Waals surface area contributed by atoms with Gasteiger partial charge in [-0.1, -0.05) is 46.0 Å². The predicted octanol–water partition coefficient (Wildman–Crippen LogP) is 2.89. The van der Waals surface area contributed by atoms with Crippen LogP contribution in [0.5, 0.6) is 0 Å². The van der Waals surface area contributed by atoms with Gasteiger partial charge < -0.3 is 10.1 Å². The lowest BCUT2D eigenvalue weighted by Crippen LogP contribution is -2.50. The Bertz CT molecular complexity index is 194. The zero-order valence-corrected chi connectivity index (χ0v) is 11.3. The Kier molecular flexibility index (Phi) is 8.26. The minimum absolute atomic E-state index is 0.148. The molecule has 0 aliphatic carbocycles. The summed E-state index contributed by atoms with van der Waals surface area (Å²) in [5.41, 5.74) is -0.504. The lowest BCUT2D eigenvalue weighted by molar-refractivity contribution is -0.148. The summed E-state index contributed by atoms with van der Waals surface area (Å²) in [6.45, 7) is 6.94. The first-order valence-corrected chi connectivity index (χ1v) is 6.44. The Balaban J connectivity index is 3.97. The quantitative estimate of drug-likeness (QED) is 0.488. The number of rotatable bonds is 9. The van der Waals surface area contributed by atoms with Gasteiger partial charge in [-0.15, -0.1) is 0 Å². The SMILES string of the molecule is CCCCCCCC(C)(NCC)C(=O)OC. The zero-order chi connectivity index (χ0) is 12.4. The van der Waals surface area contributed by atoms with Gasteiger partial charge >= 0.3 is 5.97 Å². The van der Waals surface area contributed by atoms with E-state index in [1.54, 1.807) is 0 Å². The predicted molar refractivity (Wildman–Crippen MR) is 67.5 cm³/mol. The molecule has 0 spiro atoms. The molecule has 1 unspecified atom stereocenters. The van der Waals surface area contributed by atoms with E-state index in [4.69, 9.17) is 4.74 Å². The molecule has 96 valence electrons. The number of nitrogens with one attached hydrogen (secondary N) is 1. The molecule has 0 aromatic rings. The standard InChI is InChI=1S/C13H27NO2/c1-5-7-8-9-10-11-13(3,14-6-2)12(15)16-4/h14H,5-11H2,1-4H3. The van der Waals surface area contributed by atoms with Gasteiger partial charge in [-0.25, -0.2) is 0 Å². The highest BCUT2D eigenvalue weighted by molar-refractivity contribution is 5.80. The van der Waals surface area contributed by atoms with Crippen molar-refractivity contribution < 1.29 is 9.53 Å². The summed E-state index contributed by atoms with van der Waals surface area (Å²) in [4.78, 5) is 11.7. The van der Waals surface area contributed by atoms with Gasteiger partial charge in [-0.05, 0) is 19.9 Å². The third-order valence-corrected chi connectivity index (χ3v) is 2.98. The number of ether oxygens (including phenoxy) is 1. The van der Waals surface area contributed by atoms with E-state index >= 15 is 0 Å². The molecule has 0 heterocycles. The van der Waals surface area contributed by atoms with Crippen molar-refractivity contribution in [3.63, 3.8) is 0 Å². The van der Waals surface area contributed by atoms with Crippen LogP contribution in [0.4, 0.5) is 0 Å². The first kappa shape index (κ1) is 15.4. The second-order valence-electron chi connectivity index (χ2n) is 4.52. The van der Waals surface area contributed by atoms with Crippen LogP contribution in [0.25, 0.3) is 0 Å². The summed E-state index contributed by atoms with van der Waals surface area (Å²) >= 11 is 0. The van der Waals surface area contributed by atoms with E-state index in [-0.39, 0.29) is 5.97 Å². The third kappa shape index (κ3) is 5.50. The first-order chi connectivity index (χ1) is 7.60. The molecule has 0 aromatic heterocycles. The van der Waals surface area contributed by atoms with Gasteiger partial charge in [0, 0.05) is 0 Å². The zero-order valence-electron chi connectivity index (χ0n) is 11.3. The fourth-order valence-corrected chi connectivity index (χ4v) is 1.96. The number of hydrogen-bond donors (Lipinski definition) is 1. The maximum absolute atomic E-state index is 11.7. The number of hydrogen-bond acceptors (Lipinski definition) is 3. The van der Waals surface area contributed by atoms with Gasteiger partial charge in [0.15, 0.2) is 0 Å². The van der Waals surface area contributed by atoms with Crippen molar-refractivity contribution in [2.75, 3.05) is 13.7 Å². The summed E-state index contributed by atoms with van der Waals surface area (Å²) in [7, 11) is 1.45. The maximum atomic E-state index is 11.7. The molecule has 1 N–H and O–H groups in total. The van der Waals surface area contributed by atoms with Crippen molar-refractivity contribution in [3.05, 3.63) is 0 Å². The van der Waals surface area contributed by atoms with Crippen molar-refractivity contribution in [2.24, 2.45) is 0 Å². The lowest BCUT2D eigenvalue weighted by atomic mass is 9.94. The molecule has 16 heavy (non-hydrogen) atoms. The van der Waals surface area contributed by atoms with Crippen LogP contribution in [0.3, 0.4) is 0 Å². The van der Waals surface area contributed by atoms with Crippen molar-refractivity contribution >= 4 is 5.97 Å². The molecule has 0 rings (SSSR count). The molecule has 0 fully saturated rings. The number of carbonyl (C=O) groups excluding carboxylic acids is 1. The fourth-order valence-electron chi connectivity index (χ4n) is 1.96. The van der Waals surface area contributed by atoms with Gasteiger partial charge in [0.1, 0.15) is 5.54 Å². The van der Waals surface area contributed by atoms with Crippen molar-refractivity contribution in [3.8, 4) is 0 Å². The molecule has 1 atom stereocenters. The Morgan fingerprint density at radius 2 is 1.81 bits per heavy atom. The minimum Gasteiger partial charge on any atom is -0.468 e. The van der Waals surface area contributed by atoms with E-state index in [1.807, 2.05) is 13.8 Å². The van der Waals surface area contributed by atoms with Gasteiger partial charge in [-0.3, -0.25) is 4.79 Å². The number of methoxy groups -OCH3 is 1. The summed E-state index contributed by atoms with van der Waals surface area (Å²) in [6.07, 6.45) is 6.94. The lowest BCUT2D eigenvalue weighted by Gasteiger charge is -2.27. The van der Waals surface area contributed by atoms with Gasteiger partial charge in [0.05, 0.1) is 7.11 Å². The summed E-state index contributed by atoms with van der Waals surface area (Å²) in [6, 6.07) is 0. The molecule has 0 radical (unpaired) electrons. The highest BCUT2D eigenvalue weighted by atomic mass is 16.5. The van der Waals surface area contributed by atoms with Gasteiger partial charge in [0.2, 0.25) is 0 Å². The van der Waals surface area contributed by atoms with E-state index < -0.39 is 5.54 Å². The normalized spacial score (nSPS) is 14.5. The Hall–Kier alpha value is -0.570. The van der Waals surface area contributed by atoms with Crippen molar-refractivity contribution in [2.45, 2.75) is 64.8 Å². The molecule has 0 aromatic carbocycles. The van der Waals surface area contributed by atoms with Crippen LogP contribution in [0.2, 0.25) is 0 Å². The maximum Gasteiger partial charge on any atom is 0.325 e. The van der Waals surface area contributed by atoms with Crippen LogP contribution >= 0.6 is 0 Å². The van der Waals surface area contributed by atoms with Crippen LogP contribution in [-0.2, 0) is 9.53 Å².